The van der Waals surface area contributed by atoms with Gasteiger partial charge in [-0.1, -0.05) is 0 Å². The number of amides is 3. The Bertz CT molecular complexity index is 835. The summed E-state index contributed by atoms with van der Waals surface area (Å²) in [5, 5.41) is 2.64. The summed E-state index contributed by atoms with van der Waals surface area (Å²) < 4.78 is 53.0. The SMILES string of the molecule is CCN1C(=O)NC2(CCN(S(=O)(=O)c3ccc(F)cc3F)CC2)C1=O. The lowest BCUT2D eigenvalue weighted by molar-refractivity contribution is -0.132. The van der Waals surface area contributed by atoms with Crippen LogP contribution in [0, 0.1) is 11.6 Å². The van der Waals surface area contributed by atoms with E-state index in [1.807, 2.05) is 0 Å². The molecule has 2 aliphatic heterocycles. The number of piperidine rings is 1. The fourth-order valence-electron chi connectivity index (χ4n) is 3.23. The second kappa shape index (κ2) is 6.03. The topological polar surface area (TPSA) is 86.8 Å². The minimum absolute atomic E-state index is 0.0529. The van der Waals surface area contributed by atoms with Crippen LogP contribution in [-0.2, 0) is 14.8 Å². The van der Waals surface area contributed by atoms with E-state index in [1.165, 1.54) is 0 Å². The van der Waals surface area contributed by atoms with Gasteiger partial charge < -0.3 is 5.32 Å². The number of benzene rings is 1. The molecule has 1 N–H and O–H groups in total. The summed E-state index contributed by atoms with van der Waals surface area (Å²) in [6, 6.07) is 1.78. The molecule has 2 heterocycles. The second-order valence-electron chi connectivity index (χ2n) is 6.04. The molecule has 1 aromatic rings. The summed E-state index contributed by atoms with van der Waals surface area (Å²) in [5.74, 6) is -2.40. The zero-order chi connectivity index (χ0) is 18.4. The van der Waals surface area contributed by atoms with Crippen LogP contribution in [0.2, 0.25) is 0 Å². The van der Waals surface area contributed by atoms with E-state index in [0.29, 0.717) is 6.07 Å². The van der Waals surface area contributed by atoms with Gasteiger partial charge in [0, 0.05) is 25.7 Å². The van der Waals surface area contributed by atoms with Crippen molar-refractivity contribution in [3.8, 4) is 0 Å². The molecule has 0 aliphatic carbocycles. The van der Waals surface area contributed by atoms with Crippen molar-refractivity contribution in [2.45, 2.75) is 30.2 Å². The predicted molar refractivity (Wildman–Crippen MR) is 83.0 cm³/mol. The minimum atomic E-state index is -4.15. The van der Waals surface area contributed by atoms with Crippen LogP contribution in [0.5, 0.6) is 0 Å². The zero-order valence-electron chi connectivity index (χ0n) is 13.5. The van der Waals surface area contributed by atoms with Gasteiger partial charge in [-0.05, 0) is 31.9 Å². The molecule has 2 fully saturated rings. The number of rotatable bonds is 3. The van der Waals surface area contributed by atoms with Crippen LogP contribution >= 0.6 is 0 Å². The molecule has 3 amide bonds. The maximum Gasteiger partial charge on any atom is 0.325 e. The molecule has 0 saturated carbocycles. The van der Waals surface area contributed by atoms with Gasteiger partial charge in [0.05, 0.1) is 0 Å². The van der Waals surface area contributed by atoms with Gasteiger partial charge in [-0.25, -0.2) is 22.0 Å². The number of nitrogens with zero attached hydrogens (tertiary/aromatic N) is 2. The van der Waals surface area contributed by atoms with Gasteiger partial charge in [0.15, 0.2) is 0 Å². The average Bonchev–Trinajstić information content (AvgIpc) is 2.77. The molecule has 7 nitrogen and oxygen atoms in total. The van der Waals surface area contributed by atoms with Crippen molar-refractivity contribution >= 4 is 22.0 Å². The van der Waals surface area contributed by atoms with Crippen LogP contribution in [0.1, 0.15) is 19.8 Å². The van der Waals surface area contributed by atoms with Gasteiger partial charge in [-0.15, -0.1) is 0 Å². The highest BCUT2D eigenvalue weighted by molar-refractivity contribution is 7.89. The van der Waals surface area contributed by atoms with Gasteiger partial charge in [-0.3, -0.25) is 9.69 Å². The van der Waals surface area contributed by atoms with Crippen LogP contribution in [0.4, 0.5) is 13.6 Å². The first-order valence-corrected chi connectivity index (χ1v) is 9.24. The maximum absolute atomic E-state index is 13.8. The lowest BCUT2D eigenvalue weighted by Crippen LogP contribution is -2.55. The lowest BCUT2D eigenvalue weighted by Gasteiger charge is -2.36. The van der Waals surface area contributed by atoms with Gasteiger partial charge >= 0.3 is 6.03 Å². The predicted octanol–water partition coefficient (Wildman–Crippen LogP) is 1.06. The number of carbonyl (C=O) groups is 2. The third-order valence-electron chi connectivity index (χ3n) is 4.65. The van der Waals surface area contributed by atoms with Crippen LogP contribution in [0.25, 0.3) is 0 Å². The summed E-state index contributed by atoms with van der Waals surface area (Å²) in [6.07, 6.45) is 0.187. The quantitative estimate of drug-likeness (QED) is 0.803. The van der Waals surface area contributed by atoms with Crippen molar-refractivity contribution < 1.29 is 26.8 Å². The molecule has 2 aliphatic rings. The Hall–Kier alpha value is -2.07. The summed E-state index contributed by atoms with van der Waals surface area (Å²) in [5.41, 5.74) is -1.11. The highest BCUT2D eigenvalue weighted by Gasteiger charge is 2.52. The highest BCUT2D eigenvalue weighted by atomic mass is 32.2. The van der Waals surface area contributed by atoms with E-state index in [0.717, 1.165) is 21.3 Å². The van der Waals surface area contributed by atoms with E-state index in [4.69, 9.17) is 0 Å². The molecule has 3 rings (SSSR count). The molecule has 0 bridgehead atoms. The number of sulfonamides is 1. The Morgan fingerprint density at radius 2 is 1.84 bits per heavy atom. The molecule has 2 saturated heterocycles. The Labute approximate surface area is 143 Å². The molecule has 10 heteroatoms. The number of imide groups is 1. The van der Waals surface area contributed by atoms with Gasteiger partial charge in [-0.2, -0.15) is 4.31 Å². The van der Waals surface area contributed by atoms with Crippen LogP contribution in [0.15, 0.2) is 23.1 Å². The molecule has 25 heavy (non-hydrogen) atoms. The standard InChI is InChI=1S/C15H17F2N3O4S/c1-2-20-13(21)15(18-14(20)22)5-7-19(8-6-15)25(23,24)12-4-3-10(16)9-11(12)17/h3-4,9H,2,5-8H2,1H3,(H,18,22). The summed E-state index contributed by atoms with van der Waals surface area (Å²) in [4.78, 5) is 24.7. The second-order valence-corrected chi connectivity index (χ2v) is 7.95. The van der Waals surface area contributed by atoms with Crippen molar-refractivity contribution in [3.05, 3.63) is 29.8 Å². The van der Waals surface area contributed by atoms with Crippen molar-refractivity contribution in [2.24, 2.45) is 0 Å². The first-order valence-electron chi connectivity index (χ1n) is 7.80. The maximum atomic E-state index is 13.8. The molecule has 1 aromatic carbocycles. The highest BCUT2D eigenvalue weighted by Crippen LogP contribution is 2.32. The fraction of sp³-hybridized carbons (Fsp3) is 0.467. The van der Waals surface area contributed by atoms with E-state index in [-0.39, 0.29) is 38.4 Å². The number of hydrogen-bond acceptors (Lipinski definition) is 4. The lowest BCUT2D eigenvalue weighted by atomic mass is 9.88. The average molecular weight is 373 g/mol. The first-order chi connectivity index (χ1) is 11.7. The number of hydrogen-bond donors (Lipinski definition) is 1. The number of carbonyl (C=O) groups excluding carboxylic acids is 2. The first kappa shape index (κ1) is 17.7. The molecule has 1 spiro atoms. The van der Waals surface area contributed by atoms with Crippen LogP contribution < -0.4 is 5.32 Å². The minimum Gasteiger partial charge on any atom is -0.323 e. The summed E-state index contributed by atoms with van der Waals surface area (Å²) >= 11 is 0. The van der Waals surface area contributed by atoms with Crippen LogP contribution in [-0.4, -0.2) is 54.7 Å². The number of halogens is 2. The van der Waals surface area contributed by atoms with Crippen molar-refractivity contribution in [1.82, 2.24) is 14.5 Å². The van der Waals surface area contributed by atoms with E-state index in [1.54, 1.807) is 6.92 Å². The smallest absolute Gasteiger partial charge is 0.323 e. The molecular weight excluding hydrogens is 356 g/mol. The van der Waals surface area contributed by atoms with Gasteiger partial charge in [0.1, 0.15) is 22.1 Å². The van der Waals surface area contributed by atoms with Gasteiger partial charge in [0.25, 0.3) is 5.91 Å². The Balaban J connectivity index is 1.80. The Morgan fingerprint density at radius 3 is 2.36 bits per heavy atom. The van der Waals surface area contributed by atoms with Crippen molar-refractivity contribution in [1.29, 1.82) is 0 Å². The Kier molecular flexibility index (Phi) is 4.28. The third-order valence-corrected chi connectivity index (χ3v) is 6.58. The van der Waals surface area contributed by atoms with E-state index >= 15 is 0 Å². The van der Waals surface area contributed by atoms with Crippen molar-refractivity contribution in [2.75, 3.05) is 19.6 Å². The Morgan fingerprint density at radius 1 is 1.20 bits per heavy atom. The largest absolute Gasteiger partial charge is 0.325 e. The molecule has 0 atom stereocenters. The number of likely N-dealkylation sites (N-methyl/N-ethyl adjacent to an activating group) is 1. The summed E-state index contributed by atoms with van der Waals surface area (Å²) in [7, 11) is -4.15. The fourth-order valence-corrected chi connectivity index (χ4v) is 4.72. The van der Waals surface area contributed by atoms with E-state index < -0.39 is 38.1 Å². The van der Waals surface area contributed by atoms with Crippen LogP contribution in [0.3, 0.4) is 0 Å². The summed E-state index contributed by atoms with van der Waals surface area (Å²) in [6.45, 7) is 1.80. The van der Waals surface area contributed by atoms with Gasteiger partial charge in [0.2, 0.25) is 10.0 Å². The zero-order valence-corrected chi connectivity index (χ0v) is 14.3. The monoisotopic (exact) mass is 373 g/mol. The van der Waals surface area contributed by atoms with E-state index in [9.17, 15) is 26.8 Å². The third kappa shape index (κ3) is 2.78. The molecule has 0 radical (unpaired) electrons. The number of nitrogens with one attached hydrogen (secondary N) is 1. The molecule has 0 aromatic heterocycles. The van der Waals surface area contributed by atoms with Crippen molar-refractivity contribution in [3.63, 3.8) is 0 Å². The molecule has 0 unspecified atom stereocenters. The molecule has 136 valence electrons. The normalized spacial score (nSPS) is 21.0. The van der Waals surface area contributed by atoms with E-state index in [2.05, 4.69) is 5.32 Å². The molecular formula is C15H17F2N3O4S. The number of urea groups is 1.